The van der Waals surface area contributed by atoms with Gasteiger partial charge in [-0.2, -0.15) is 0 Å². The Kier molecular flexibility index (Phi) is 6.58. The van der Waals surface area contributed by atoms with Crippen LogP contribution in [-0.4, -0.2) is 21.5 Å². The quantitative estimate of drug-likeness (QED) is 0.474. The van der Waals surface area contributed by atoms with Crippen LogP contribution in [0, 0.1) is 0 Å². The molecule has 0 unspecified atom stereocenters. The highest BCUT2D eigenvalue weighted by molar-refractivity contribution is 5.56. The Bertz CT molecular complexity index is 1080. The van der Waals surface area contributed by atoms with Crippen LogP contribution in [0.3, 0.4) is 0 Å². The van der Waals surface area contributed by atoms with Crippen LogP contribution in [0.4, 0.5) is 0 Å². The van der Waals surface area contributed by atoms with E-state index in [0.29, 0.717) is 6.42 Å². The molecule has 0 atom stereocenters. The van der Waals surface area contributed by atoms with Gasteiger partial charge in [0.1, 0.15) is 5.82 Å². The molecule has 0 bridgehead atoms. The van der Waals surface area contributed by atoms with Crippen molar-refractivity contribution < 1.29 is 0 Å². The minimum absolute atomic E-state index is 0.708. The van der Waals surface area contributed by atoms with Crippen LogP contribution in [-0.2, 0) is 19.3 Å². The van der Waals surface area contributed by atoms with Crippen LogP contribution < -0.4 is 5.73 Å². The van der Waals surface area contributed by atoms with Crippen molar-refractivity contribution in [2.24, 2.45) is 5.73 Å². The predicted molar refractivity (Wildman–Crippen MR) is 121 cm³/mol. The second-order valence-corrected chi connectivity index (χ2v) is 7.48. The summed E-state index contributed by atoms with van der Waals surface area (Å²) < 4.78 is 0. The summed E-state index contributed by atoms with van der Waals surface area (Å²) in [4.78, 5) is 13.4. The van der Waals surface area contributed by atoms with Gasteiger partial charge in [0.05, 0.1) is 5.69 Å². The molecule has 30 heavy (non-hydrogen) atoms. The fraction of sp³-hybridized carbons (Fsp3) is 0.192. The van der Waals surface area contributed by atoms with E-state index in [4.69, 9.17) is 10.7 Å². The molecule has 0 amide bonds. The van der Waals surface area contributed by atoms with Gasteiger partial charge in [0, 0.05) is 30.6 Å². The van der Waals surface area contributed by atoms with Crippen molar-refractivity contribution in [2.75, 3.05) is 6.54 Å². The number of rotatable bonds is 8. The summed E-state index contributed by atoms with van der Waals surface area (Å²) in [5.41, 5.74) is 12.7. The number of nitrogens with zero attached hydrogens (tertiary/aromatic N) is 3. The average molecular weight is 395 g/mol. The maximum absolute atomic E-state index is 5.60. The number of benzene rings is 2. The van der Waals surface area contributed by atoms with Crippen LogP contribution in [0.1, 0.15) is 34.5 Å². The topological polar surface area (TPSA) is 64.7 Å². The Morgan fingerprint density at radius 2 is 1.53 bits per heavy atom. The maximum atomic E-state index is 5.60. The molecule has 2 aromatic carbocycles. The summed E-state index contributed by atoms with van der Waals surface area (Å²) >= 11 is 0. The van der Waals surface area contributed by atoms with Gasteiger partial charge in [0.25, 0.3) is 0 Å². The van der Waals surface area contributed by atoms with E-state index >= 15 is 0 Å². The molecule has 0 aliphatic rings. The summed E-state index contributed by atoms with van der Waals surface area (Å²) in [5.74, 6) is 0.817. The Morgan fingerprint density at radius 1 is 0.733 bits per heavy atom. The van der Waals surface area contributed by atoms with E-state index in [0.717, 1.165) is 42.9 Å². The first kappa shape index (κ1) is 19.9. The van der Waals surface area contributed by atoms with Gasteiger partial charge in [-0.3, -0.25) is 4.98 Å². The van der Waals surface area contributed by atoms with E-state index in [1.807, 2.05) is 30.6 Å². The number of hydrogen-bond acceptors (Lipinski definition) is 4. The Hall–Kier alpha value is -3.37. The molecular weight excluding hydrogens is 368 g/mol. The van der Waals surface area contributed by atoms with E-state index in [1.54, 1.807) is 6.20 Å². The zero-order chi connectivity index (χ0) is 20.6. The molecule has 2 N–H and O–H groups in total. The zero-order valence-electron chi connectivity index (χ0n) is 17.0. The SMILES string of the molecule is NCCCc1ccc(Cc2cccc(Cc3nccc(-c4cccnc4)n3)c2)cc1. The van der Waals surface area contributed by atoms with Crippen LogP contribution in [0.15, 0.2) is 85.3 Å². The molecule has 0 spiro atoms. The fourth-order valence-electron chi connectivity index (χ4n) is 3.56. The first-order valence-corrected chi connectivity index (χ1v) is 10.4. The fourth-order valence-corrected chi connectivity index (χ4v) is 3.56. The van der Waals surface area contributed by atoms with Crippen molar-refractivity contribution >= 4 is 0 Å². The Morgan fingerprint density at radius 3 is 2.30 bits per heavy atom. The molecule has 0 fully saturated rings. The van der Waals surface area contributed by atoms with Gasteiger partial charge in [-0.25, -0.2) is 9.97 Å². The first-order valence-electron chi connectivity index (χ1n) is 10.4. The minimum atomic E-state index is 0.708. The molecule has 2 aromatic heterocycles. The Labute approximate surface area is 177 Å². The summed E-state index contributed by atoms with van der Waals surface area (Å²) in [6.45, 7) is 0.739. The molecule has 0 radical (unpaired) electrons. The second kappa shape index (κ2) is 9.90. The van der Waals surface area contributed by atoms with Gasteiger partial charge in [0.15, 0.2) is 0 Å². The lowest BCUT2D eigenvalue weighted by Gasteiger charge is -2.08. The van der Waals surface area contributed by atoms with Gasteiger partial charge < -0.3 is 5.73 Å². The number of hydrogen-bond donors (Lipinski definition) is 1. The van der Waals surface area contributed by atoms with E-state index in [-0.39, 0.29) is 0 Å². The molecule has 4 nitrogen and oxygen atoms in total. The van der Waals surface area contributed by atoms with Crippen molar-refractivity contribution in [1.82, 2.24) is 15.0 Å². The molecule has 4 rings (SSSR count). The van der Waals surface area contributed by atoms with Gasteiger partial charge >= 0.3 is 0 Å². The average Bonchev–Trinajstić information content (AvgIpc) is 2.80. The largest absolute Gasteiger partial charge is 0.330 e. The standard InChI is InChI=1S/C26H26N4/c27-13-2-6-20-8-10-21(11-9-20)16-22-4-1-5-23(17-22)18-26-29-15-12-25(30-26)24-7-3-14-28-19-24/h1,3-5,7-12,14-15,17,19H,2,6,13,16,18,27H2. The third-order valence-electron chi connectivity index (χ3n) is 5.12. The smallest absolute Gasteiger partial charge is 0.133 e. The summed E-state index contributed by atoms with van der Waals surface area (Å²) in [5, 5.41) is 0. The highest BCUT2D eigenvalue weighted by Gasteiger charge is 2.05. The van der Waals surface area contributed by atoms with Crippen molar-refractivity contribution in [3.63, 3.8) is 0 Å². The van der Waals surface area contributed by atoms with Gasteiger partial charge in [-0.1, -0.05) is 48.5 Å². The van der Waals surface area contributed by atoms with E-state index < -0.39 is 0 Å². The van der Waals surface area contributed by atoms with E-state index in [1.165, 1.54) is 22.3 Å². The number of pyridine rings is 1. The molecule has 0 saturated carbocycles. The molecule has 0 saturated heterocycles. The summed E-state index contributed by atoms with van der Waals surface area (Å²) in [7, 11) is 0. The van der Waals surface area contributed by atoms with Crippen molar-refractivity contribution in [3.05, 3.63) is 113 Å². The van der Waals surface area contributed by atoms with Crippen LogP contribution in [0.5, 0.6) is 0 Å². The third-order valence-corrected chi connectivity index (χ3v) is 5.12. The van der Waals surface area contributed by atoms with Crippen molar-refractivity contribution in [2.45, 2.75) is 25.7 Å². The number of aromatic nitrogens is 3. The molecule has 0 aliphatic carbocycles. The van der Waals surface area contributed by atoms with Gasteiger partial charge in [-0.05, 0) is 66.3 Å². The lowest BCUT2D eigenvalue weighted by molar-refractivity contribution is 0.832. The lowest BCUT2D eigenvalue weighted by atomic mass is 10.00. The molecule has 2 heterocycles. The summed E-state index contributed by atoms with van der Waals surface area (Å²) in [6, 6.07) is 23.4. The third kappa shape index (κ3) is 5.37. The molecule has 0 aliphatic heterocycles. The van der Waals surface area contributed by atoms with Crippen LogP contribution >= 0.6 is 0 Å². The van der Waals surface area contributed by atoms with Crippen molar-refractivity contribution in [1.29, 1.82) is 0 Å². The highest BCUT2D eigenvalue weighted by atomic mass is 14.9. The second-order valence-electron chi connectivity index (χ2n) is 7.48. The summed E-state index contributed by atoms with van der Waals surface area (Å²) in [6.07, 6.45) is 9.12. The first-order chi connectivity index (χ1) is 14.8. The monoisotopic (exact) mass is 394 g/mol. The number of aryl methyl sites for hydroxylation is 1. The Balaban J connectivity index is 1.45. The zero-order valence-corrected chi connectivity index (χ0v) is 17.0. The normalized spacial score (nSPS) is 10.8. The minimum Gasteiger partial charge on any atom is -0.330 e. The van der Waals surface area contributed by atoms with Crippen LogP contribution in [0.2, 0.25) is 0 Å². The predicted octanol–water partition coefficient (Wildman–Crippen LogP) is 4.61. The molecule has 150 valence electrons. The van der Waals surface area contributed by atoms with Crippen molar-refractivity contribution in [3.8, 4) is 11.3 Å². The van der Waals surface area contributed by atoms with Crippen LogP contribution in [0.25, 0.3) is 11.3 Å². The van der Waals surface area contributed by atoms with Gasteiger partial charge in [0.2, 0.25) is 0 Å². The number of nitrogens with two attached hydrogens (primary N) is 1. The molecular formula is C26H26N4. The molecule has 4 heteroatoms. The molecule has 4 aromatic rings. The van der Waals surface area contributed by atoms with E-state index in [2.05, 4.69) is 58.5 Å². The van der Waals surface area contributed by atoms with Gasteiger partial charge in [-0.15, -0.1) is 0 Å². The maximum Gasteiger partial charge on any atom is 0.133 e. The lowest BCUT2D eigenvalue weighted by Crippen LogP contribution is -2.00. The van der Waals surface area contributed by atoms with E-state index in [9.17, 15) is 0 Å². The highest BCUT2D eigenvalue weighted by Crippen LogP contribution is 2.17.